The number of nitrogens with one attached hydrogen (secondary N) is 1. The zero-order valence-electron chi connectivity index (χ0n) is 25.6. The van der Waals surface area contributed by atoms with Crippen LogP contribution in [0.15, 0.2) is 70.9 Å². The molecule has 1 amide bonds. The Bertz CT molecular complexity index is 1570. The average molecular weight is 620 g/mol. The van der Waals surface area contributed by atoms with E-state index in [9.17, 15) is 9.90 Å². The molecular weight excluding hydrogens is 582 g/mol. The number of aromatic hydroxyl groups is 1. The SMILES string of the molecule is CCOc1ccc(-n2c(SCC(=O)N/N=C\c3cc(C(C)(C)C)c(O)c(C(C)(C)C)c3)nnc2-c2ccc(Cl)cc2)cc1. The number of rotatable bonds is 9. The number of amides is 1. The van der Waals surface area contributed by atoms with Crippen molar-refractivity contribution in [2.24, 2.45) is 5.10 Å². The van der Waals surface area contributed by atoms with Crippen LogP contribution in [-0.4, -0.2) is 44.4 Å². The Kier molecular flexibility index (Phi) is 9.87. The number of benzene rings is 3. The van der Waals surface area contributed by atoms with Crippen LogP contribution in [0, 0.1) is 0 Å². The zero-order valence-corrected chi connectivity index (χ0v) is 27.2. The van der Waals surface area contributed by atoms with Crippen LogP contribution in [0.25, 0.3) is 17.1 Å². The number of carbonyl (C=O) groups is 1. The lowest BCUT2D eigenvalue weighted by molar-refractivity contribution is -0.118. The van der Waals surface area contributed by atoms with E-state index in [4.69, 9.17) is 16.3 Å². The average Bonchev–Trinajstić information content (AvgIpc) is 3.36. The molecule has 8 nitrogen and oxygen atoms in total. The highest BCUT2D eigenvalue weighted by molar-refractivity contribution is 7.99. The fourth-order valence-corrected chi connectivity index (χ4v) is 5.33. The molecule has 0 unspecified atom stereocenters. The monoisotopic (exact) mass is 619 g/mol. The Hall–Kier alpha value is -3.82. The van der Waals surface area contributed by atoms with Crippen LogP contribution in [0.4, 0.5) is 0 Å². The van der Waals surface area contributed by atoms with Gasteiger partial charge in [-0.25, -0.2) is 5.43 Å². The molecule has 2 N–H and O–H groups in total. The van der Waals surface area contributed by atoms with E-state index in [2.05, 4.69) is 62.3 Å². The maximum Gasteiger partial charge on any atom is 0.250 e. The second kappa shape index (κ2) is 13.2. The number of hydrazone groups is 1. The van der Waals surface area contributed by atoms with Crippen molar-refractivity contribution in [2.75, 3.05) is 12.4 Å². The number of hydrogen-bond donors (Lipinski definition) is 2. The van der Waals surface area contributed by atoms with Crippen LogP contribution in [0.5, 0.6) is 11.5 Å². The minimum Gasteiger partial charge on any atom is -0.507 e. The quantitative estimate of drug-likeness (QED) is 0.114. The van der Waals surface area contributed by atoms with Gasteiger partial charge in [-0.15, -0.1) is 10.2 Å². The van der Waals surface area contributed by atoms with Gasteiger partial charge in [0.05, 0.1) is 18.6 Å². The number of ether oxygens (including phenoxy) is 1. The summed E-state index contributed by atoms with van der Waals surface area (Å²) in [4.78, 5) is 12.8. The van der Waals surface area contributed by atoms with Gasteiger partial charge in [0.15, 0.2) is 11.0 Å². The van der Waals surface area contributed by atoms with Gasteiger partial charge in [-0.1, -0.05) is 64.9 Å². The van der Waals surface area contributed by atoms with Gasteiger partial charge in [0, 0.05) is 27.4 Å². The standard InChI is InChI=1S/C33H38ClN5O3S/c1-8-42-25-15-13-24(14-16-25)39-30(22-9-11-23(34)12-10-22)37-38-31(39)43-20-28(40)36-35-19-21-17-26(32(2,3)4)29(41)27(18-21)33(5,6)7/h9-19,41H,8,20H2,1-7H3,(H,36,40)/b35-19-. The first kappa shape index (κ1) is 32.1. The Morgan fingerprint density at radius 1 is 1.00 bits per heavy atom. The molecule has 1 heterocycles. The van der Waals surface area contributed by atoms with Crippen molar-refractivity contribution in [3.05, 3.63) is 82.4 Å². The molecular formula is C33H38ClN5O3S. The molecule has 0 aliphatic heterocycles. The molecule has 0 saturated heterocycles. The van der Waals surface area contributed by atoms with E-state index in [1.54, 1.807) is 18.3 Å². The summed E-state index contributed by atoms with van der Waals surface area (Å²) in [6, 6.07) is 18.8. The van der Waals surface area contributed by atoms with Crippen LogP contribution in [0.1, 0.15) is 65.2 Å². The first-order valence-electron chi connectivity index (χ1n) is 14.0. The summed E-state index contributed by atoms with van der Waals surface area (Å²) < 4.78 is 7.50. The number of carbonyl (C=O) groups excluding carboxylic acids is 1. The summed E-state index contributed by atoms with van der Waals surface area (Å²) in [5, 5.41) is 25.2. The highest BCUT2D eigenvalue weighted by Crippen LogP contribution is 2.39. The molecule has 4 aromatic rings. The summed E-state index contributed by atoms with van der Waals surface area (Å²) in [7, 11) is 0. The number of phenolic OH excluding ortho intramolecular Hbond substituents is 1. The van der Waals surface area contributed by atoms with Gasteiger partial charge in [-0.2, -0.15) is 5.10 Å². The largest absolute Gasteiger partial charge is 0.507 e. The van der Waals surface area contributed by atoms with E-state index in [0.29, 0.717) is 28.4 Å². The van der Waals surface area contributed by atoms with Gasteiger partial charge in [-0.05, 0) is 84.0 Å². The lowest BCUT2D eigenvalue weighted by atomic mass is 9.78. The molecule has 0 fully saturated rings. The maximum atomic E-state index is 12.8. The molecule has 1 aromatic heterocycles. The van der Waals surface area contributed by atoms with Crippen LogP contribution >= 0.6 is 23.4 Å². The normalized spacial score (nSPS) is 12.1. The van der Waals surface area contributed by atoms with Crippen LogP contribution in [0.3, 0.4) is 0 Å². The molecule has 4 rings (SSSR count). The molecule has 0 saturated carbocycles. The summed E-state index contributed by atoms with van der Waals surface area (Å²) >= 11 is 7.36. The molecule has 0 spiro atoms. The fourth-order valence-electron chi connectivity index (χ4n) is 4.46. The van der Waals surface area contributed by atoms with Gasteiger partial charge in [-0.3, -0.25) is 9.36 Å². The zero-order chi connectivity index (χ0) is 31.4. The number of hydrogen-bond acceptors (Lipinski definition) is 7. The summed E-state index contributed by atoms with van der Waals surface area (Å²) in [6.45, 7) is 14.8. The van der Waals surface area contributed by atoms with Crippen molar-refractivity contribution in [2.45, 2.75) is 64.5 Å². The minimum atomic E-state index is -0.290. The van der Waals surface area contributed by atoms with Gasteiger partial charge in [0.1, 0.15) is 11.5 Å². The maximum absolute atomic E-state index is 12.8. The molecule has 0 bridgehead atoms. The second-order valence-electron chi connectivity index (χ2n) is 12.1. The topological polar surface area (TPSA) is 102 Å². The smallest absolute Gasteiger partial charge is 0.250 e. The number of thioether (sulfide) groups is 1. The Balaban J connectivity index is 1.53. The van der Waals surface area contributed by atoms with Crippen molar-refractivity contribution in [3.63, 3.8) is 0 Å². The van der Waals surface area contributed by atoms with E-state index >= 15 is 0 Å². The molecule has 43 heavy (non-hydrogen) atoms. The van der Waals surface area contributed by atoms with Crippen LogP contribution in [0.2, 0.25) is 5.02 Å². The third kappa shape index (κ3) is 7.97. The number of nitrogens with zero attached hydrogens (tertiary/aromatic N) is 4. The second-order valence-corrected chi connectivity index (χ2v) is 13.5. The minimum absolute atomic E-state index is 0.0726. The van der Waals surface area contributed by atoms with E-state index in [-0.39, 0.29) is 22.5 Å². The third-order valence-electron chi connectivity index (χ3n) is 6.63. The first-order chi connectivity index (χ1) is 20.3. The highest BCUT2D eigenvalue weighted by Gasteiger charge is 2.26. The lowest BCUT2D eigenvalue weighted by Gasteiger charge is -2.27. The summed E-state index contributed by atoms with van der Waals surface area (Å²) in [5.41, 5.74) is 6.20. The Morgan fingerprint density at radius 3 is 2.16 bits per heavy atom. The van der Waals surface area contributed by atoms with Gasteiger partial charge < -0.3 is 9.84 Å². The van der Waals surface area contributed by atoms with Crippen molar-refractivity contribution in [1.82, 2.24) is 20.2 Å². The van der Waals surface area contributed by atoms with E-state index < -0.39 is 0 Å². The summed E-state index contributed by atoms with van der Waals surface area (Å²) in [5.74, 6) is 1.46. The van der Waals surface area contributed by atoms with E-state index in [1.165, 1.54) is 11.8 Å². The molecule has 0 aliphatic carbocycles. The molecule has 0 radical (unpaired) electrons. The van der Waals surface area contributed by atoms with E-state index in [1.807, 2.05) is 60.0 Å². The predicted octanol–water partition coefficient (Wildman–Crippen LogP) is 7.53. The van der Waals surface area contributed by atoms with E-state index in [0.717, 1.165) is 33.7 Å². The van der Waals surface area contributed by atoms with Gasteiger partial charge in [0.25, 0.3) is 5.91 Å². The van der Waals surface area contributed by atoms with Crippen molar-refractivity contribution >= 4 is 35.5 Å². The van der Waals surface area contributed by atoms with Gasteiger partial charge >= 0.3 is 0 Å². The van der Waals surface area contributed by atoms with Crippen LogP contribution in [-0.2, 0) is 15.6 Å². The first-order valence-corrected chi connectivity index (χ1v) is 15.4. The Morgan fingerprint density at radius 2 is 1.60 bits per heavy atom. The number of aromatic nitrogens is 3. The molecule has 226 valence electrons. The van der Waals surface area contributed by atoms with Crippen LogP contribution < -0.4 is 10.2 Å². The summed E-state index contributed by atoms with van der Waals surface area (Å²) in [6.07, 6.45) is 1.60. The molecule has 0 aliphatic rings. The molecule has 0 atom stereocenters. The number of phenols is 1. The van der Waals surface area contributed by atoms with Crippen molar-refractivity contribution < 1.29 is 14.6 Å². The lowest BCUT2D eigenvalue weighted by Crippen LogP contribution is -2.20. The van der Waals surface area contributed by atoms with Crippen molar-refractivity contribution in [3.8, 4) is 28.6 Å². The Labute approximate surface area is 262 Å². The fraction of sp³-hybridized carbons (Fsp3) is 0.333. The highest BCUT2D eigenvalue weighted by atomic mass is 35.5. The third-order valence-corrected chi connectivity index (χ3v) is 7.81. The predicted molar refractivity (Wildman–Crippen MR) is 175 cm³/mol. The number of halogens is 1. The molecule has 10 heteroatoms. The van der Waals surface area contributed by atoms with Gasteiger partial charge in [0.2, 0.25) is 0 Å². The molecule has 3 aromatic carbocycles. The van der Waals surface area contributed by atoms with Crippen molar-refractivity contribution in [1.29, 1.82) is 0 Å².